The molecule has 0 unspecified atom stereocenters. The topological polar surface area (TPSA) is 30.7 Å². The first-order valence-corrected chi connectivity index (χ1v) is 21.5. The van der Waals surface area contributed by atoms with Crippen LogP contribution in [0.4, 0.5) is 0 Å². The van der Waals surface area contributed by atoms with Gasteiger partial charge in [-0.15, -0.1) is 0 Å². The molecule has 0 fully saturated rings. The molecule has 0 aliphatic carbocycles. The fourth-order valence-electron chi connectivity index (χ4n) is 9.46. The van der Waals surface area contributed by atoms with Crippen LogP contribution in [0.3, 0.4) is 0 Å². The van der Waals surface area contributed by atoms with E-state index in [1.807, 2.05) is 0 Å². The summed E-state index contributed by atoms with van der Waals surface area (Å²) < 4.78 is 2.33. The molecule has 0 saturated heterocycles. The summed E-state index contributed by atoms with van der Waals surface area (Å²) in [5.41, 5.74) is 14.0. The van der Waals surface area contributed by atoms with Crippen molar-refractivity contribution in [2.45, 2.75) is 0 Å². The highest BCUT2D eigenvalue weighted by Crippen LogP contribution is 2.44. The molecule has 0 aliphatic rings. The maximum Gasteiger partial charge on any atom is 0.145 e. The van der Waals surface area contributed by atoms with Crippen molar-refractivity contribution in [2.75, 3.05) is 0 Å². The number of hydrogen-bond donors (Lipinski definition) is 0. The van der Waals surface area contributed by atoms with Crippen LogP contribution in [0.1, 0.15) is 0 Å². The van der Waals surface area contributed by atoms with Gasteiger partial charge < -0.3 is 0 Å². The molecule has 0 spiro atoms. The van der Waals surface area contributed by atoms with Crippen molar-refractivity contribution < 1.29 is 0 Å². The van der Waals surface area contributed by atoms with Crippen LogP contribution in [0.5, 0.6) is 0 Å². The Hall–Kier alpha value is -8.40. The summed E-state index contributed by atoms with van der Waals surface area (Å²) in [4.78, 5) is 11.0. The minimum absolute atomic E-state index is 0.894. The van der Waals surface area contributed by atoms with Crippen molar-refractivity contribution >= 4 is 43.2 Å². The molecular weight excluding hydrogens is 763 g/mol. The molecule has 12 rings (SSSR count). The molecule has 12 aromatic rings. The number of rotatable bonds is 7. The van der Waals surface area contributed by atoms with E-state index in [4.69, 9.17) is 9.97 Å². The van der Waals surface area contributed by atoms with E-state index in [2.05, 4.69) is 241 Å². The molecule has 0 radical (unpaired) electrons. The summed E-state index contributed by atoms with van der Waals surface area (Å²) in [6.07, 6.45) is 0. The Bertz CT molecular complexity index is 3640. The van der Waals surface area contributed by atoms with Crippen LogP contribution < -0.4 is 0 Å². The minimum Gasteiger partial charge on any atom is -0.292 e. The summed E-state index contributed by atoms with van der Waals surface area (Å²) in [6, 6.07) is 84.6. The van der Waals surface area contributed by atoms with Crippen LogP contribution in [0, 0.1) is 0 Å². The summed E-state index contributed by atoms with van der Waals surface area (Å²) >= 11 is 0. The maximum absolute atomic E-state index is 5.57. The maximum atomic E-state index is 5.57. The van der Waals surface area contributed by atoms with Gasteiger partial charge in [0.05, 0.1) is 22.6 Å². The van der Waals surface area contributed by atoms with Gasteiger partial charge in [-0.25, -0.2) is 9.97 Å². The van der Waals surface area contributed by atoms with Crippen molar-refractivity contribution in [3.63, 3.8) is 0 Å². The Balaban J connectivity index is 1.09. The molecule has 0 N–H and O–H groups in total. The lowest BCUT2D eigenvalue weighted by atomic mass is 9.89. The van der Waals surface area contributed by atoms with E-state index in [0.29, 0.717) is 0 Å². The quantitative estimate of drug-likeness (QED) is 0.150. The first-order chi connectivity index (χ1) is 31.3. The summed E-state index contributed by atoms with van der Waals surface area (Å²) in [7, 11) is 0. The normalized spacial score (nSPS) is 11.5. The number of nitrogens with zero attached hydrogens (tertiary/aromatic N) is 3. The molecular formula is C60H39N3. The van der Waals surface area contributed by atoms with Gasteiger partial charge in [0.15, 0.2) is 0 Å². The van der Waals surface area contributed by atoms with Crippen molar-refractivity contribution in [3.8, 4) is 73.1 Å². The Labute approximate surface area is 365 Å². The van der Waals surface area contributed by atoms with Crippen LogP contribution in [-0.2, 0) is 0 Å². The second-order valence-corrected chi connectivity index (χ2v) is 16.1. The standard InChI is InChI=1S/C60H39N3/c1-4-20-43(21-5-1)57-59(44-22-6-2-7-23-44)63(60(62-57)45-24-8-3-9-25-45)46-36-34-42(35-37-46)53-38-55-54(49-32-16-26-40-18-10-12-28-47(40)49)39-56(61-58(55)52-31-15-14-30-50(52)53)51-33-17-27-41-19-11-13-29-48(41)51/h1-39H. The van der Waals surface area contributed by atoms with E-state index in [1.54, 1.807) is 0 Å². The fraction of sp³-hybridized carbons (Fsp3) is 0. The number of fused-ring (bicyclic) bond motifs is 5. The largest absolute Gasteiger partial charge is 0.292 e. The smallest absolute Gasteiger partial charge is 0.145 e. The monoisotopic (exact) mass is 801 g/mol. The zero-order valence-corrected chi connectivity index (χ0v) is 34.4. The molecule has 2 heterocycles. The molecule has 3 nitrogen and oxygen atoms in total. The molecule has 0 amide bonds. The number of aromatic nitrogens is 3. The fourth-order valence-corrected chi connectivity index (χ4v) is 9.46. The van der Waals surface area contributed by atoms with Gasteiger partial charge >= 0.3 is 0 Å². The molecule has 10 aromatic carbocycles. The Morgan fingerprint density at radius 3 is 1.49 bits per heavy atom. The molecule has 0 bridgehead atoms. The number of pyridine rings is 1. The average Bonchev–Trinajstić information content (AvgIpc) is 3.77. The van der Waals surface area contributed by atoms with Crippen LogP contribution in [0.15, 0.2) is 237 Å². The molecule has 0 aliphatic heterocycles. The van der Waals surface area contributed by atoms with E-state index in [-0.39, 0.29) is 0 Å². The highest BCUT2D eigenvalue weighted by Gasteiger charge is 2.23. The van der Waals surface area contributed by atoms with Gasteiger partial charge in [-0.3, -0.25) is 4.57 Å². The lowest BCUT2D eigenvalue weighted by Crippen LogP contribution is -2.00. The van der Waals surface area contributed by atoms with Gasteiger partial charge in [0, 0.05) is 38.7 Å². The highest BCUT2D eigenvalue weighted by molar-refractivity contribution is 6.18. The highest BCUT2D eigenvalue weighted by atomic mass is 15.1. The van der Waals surface area contributed by atoms with Gasteiger partial charge in [0.2, 0.25) is 0 Å². The summed E-state index contributed by atoms with van der Waals surface area (Å²) in [6.45, 7) is 0. The number of benzene rings is 10. The van der Waals surface area contributed by atoms with E-state index in [1.165, 1.54) is 27.1 Å². The molecule has 3 heteroatoms. The number of hydrogen-bond acceptors (Lipinski definition) is 2. The number of imidazole rings is 1. The molecule has 2 aromatic heterocycles. The van der Waals surface area contributed by atoms with Crippen molar-refractivity contribution in [2.24, 2.45) is 0 Å². The molecule has 63 heavy (non-hydrogen) atoms. The van der Waals surface area contributed by atoms with E-state index >= 15 is 0 Å². The van der Waals surface area contributed by atoms with Crippen molar-refractivity contribution in [3.05, 3.63) is 237 Å². The lowest BCUT2D eigenvalue weighted by molar-refractivity contribution is 1.07. The molecule has 294 valence electrons. The third kappa shape index (κ3) is 6.29. The van der Waals surface area contributed by atoms with Crippen LogP contribution >= 0.6 is 0 Å². The van der Waals surface area contributed by atoms with Crippen LogP contribution in [-0.4, -0.2) is 14.5 Å². The molecule has 0 saturated carbocycles. The van der Waals surface area contributed by atoms with Crippen molar-refractivity contribution in [1.29, 1.82) is 0 Å². The van der Waals surface area contributed by atoms with E-state index in [9.17, 15) is 0 Å². The Morgan fingerprint density at radius 1 is 0.302 bits per heavy atom. The second-order valence-electron chi connectivity index (χ2n) is 16.1. The SMILES string of the molecule is c1ccc(-c2nc(-c3ccccc3)n(-c3ccc(-c4cc5c(-c6cccc7ccccc67)cc(-c6cccc7ccccc67)nc5c5ccccc45)cc3)c2-c2ccccc2)cc1. The summed E-state index contributed by atoms with van der Waals surface area (Å²) in [5.74, 6) is 0.894. The van der Waals surface area contributed by atoms with Gasteiger partial charge in [0.1, 0.15) is 5.82 Å². The predicted octanol–water partition coefficient (Wildman–Crippen LogP) is 15.9. The third-order valence-corrected chi connectivity index (χ3v) is 12.4. The van der Waals surface area contributed by atoms with Crippen LogP contribution in [0.2, 0.25) is 0 Å². The van der Waals surface area contributed by atoms with Crippen molar-refractivity contribution in [1.82, 2.24) is 14.5 Å². The zero-order chi connectivity index (χ0) is 41.7. The summed E-state index contributed by atoms with van der Waals surface area (Å²) in [5, 5.41) is 8.22. The zero-order valence-electron chi connectivity index (χ0n) is 34.4. The van der Waals surface area contributed by atoms with Gasteiger partial charge in [-0.2, -0.15) is 0 Å². The van der Waals surface area contributed by atoms with Gasteiger partial charge in [-0.05, 0) is 73.5 Å². The predicted molar refractivity (Wildman–Crippen MR) is 264 cm³/mol. The Morgan fingerprint density at radius 2 is 0.825 bits per heavy atom. The third-order valence-electron chi connectivity index (χ3n) is 12.4. The first-order valence-electron chi connectivity index (χ1n) is 21.5. The second kappa shape index (κ2) is 15.3. The van der Waals surface area contributed by atoms with E-state index < -0.39 is 0 Å². The molecule has 0 atom stereocenters. The Kier molecular flexibility index (Phi) is 8.83. The minimum atomic E-state index is 0.894. The van der Waals surface area contributed by atoms with E-state index in [0.717, 1.165) is 89.2 Å². The lowest BCUT2D eigenvalue weighted by Gasteiger charge is -2.18. The van der Waals surface area contributed by atoms with Gasteiger partial charge in [0.25, 0.3) is 0 Å². The van der Waals surface area contributed by atoms with Crippen LogP contribution in [0.25, 0.3) is 116 Å². The average molecular weight is 802 g/mol. The van der Waals surface area contributed by atoms with Gasteiger partial charge in [-0.1, -0.05) is 212 Å². The first kappa shape index (κ1) is 36.5.